The number of anilines is 2. The zero-order valence-corrected chi connectivity index (χ0v) is 16.8. The van der Waals surface area contributed by atoms with Gasteiger partial charge < -0.3 is 24.4 Å². The molecular formula is C22H24N2O5. The number of methoxy groups -OCH3 is 3. The molecule has 2 aliphatic heterocycles. The van der Waals surface area contributed by atoms with Gasteiger partial charge in [0, 0.05) is 18.7 Å². The van der Waals surface area contributed by atoms with E-state index in [4.69, 9.17) is 14.2 Å². The molecule has 7 nitrogen and oxygen atoms in total. The standard InChI is InChI=1S/C22H24N2O5/c1-27-17-8-7-16(20(28-2)21(17)29-3)22(26)23-15-11-13-5-4-10-24-18(25)9-6-14(12-15)19(13)24/h7-8,11-12H,4-6,9-10H2,1-3H3,(H,23,26). The lowest BCUT2D eigenvalue weighted by molar-refractivity contribution is -0.119. The lowest BCUT2D eigenvalue weighted by Gasteiger charge is -2.35. The predicted molar refractivity (Wildman–Crippen MR) is 109 cm³/mol. The molecule has 2 aromatic carbocycles. The van der Waals surface area contributed by atoms with Crippen LogP contribution in [-0.2, 0) is 17.6 Å². The first-order chi connectivity index (χ1) is 14.1. The molecule has 0 saturated carbocycles. The number of amides is 2. The highest BCUT2D eigenvalue weighted by molar-refractivity contribution is 6.07. The van der Waals surface area contributed by atoms with Crippen LogP contribution in [0.15, 0.2) is 24.3 Å². The molecule has 2 aliphatic rings. The molecule has 4 rings (SSSR count). The first kappa shape index (κ1) is 19.1. The van der Waals surface area contributed by atoms with E-state index in [1.807, 2.05) is 17.0 Å². The quantitative estimate of drug-likeness (QED) is 0.840. The summed E-state index contributed by atoms with van der Waals surface area (Å²) in [6, 6.07) is 7.26. The maximum absolute atomic E-state index is 13.0. The van der Waals surface area contributed by atoms with Gasteiger partial charge >= 0.3 is 0 Å². The van der Waals surface area contributed by atoms with Crippen molar-refractivity contribution < 1.29 is 23.8 Å². The van der Waals surface area contributed by atoms with E-state index in [1.165, 1.54) is 21.3 Å². The lowest BCUT2D eigenvalue weighted by Crippen LogP contribution is -2.39. The molecule has 0 saturated heterocycles. The van der Waals surface area contributed by atoms with E-state index in [1.54, 1.807) is 12.1 Å². The molecule has 29 heavy (non-hydrogen) atoms. The highest BCUT2D eigenvalue weighted by Crippen LogP contribution is 2.41. The number of benzene rings is 2. The van der Waals surface area contributed by atoms with Gasteiger partial charge in [-0.3, -0.25) is 9.59 Å². The molecule has 7 heteroatoms. The van der Waals surface area contributed by atoms with Crippen molar-refractivity contribution in [2.24, 2.45) is 0 Å². The topological polar surface area (TPSA) is 77.1 Å². The molecule has 0 aliphatic carbocycles. The van der Waals surface area contributed by atoms with Crippen LogP contribution in [0.5, 0.6) is 17.2 Å². The van der Waals surface area contributed by atoms with Crippen LogP contribution in [-0.4, -0.2) is 39.7 Å². The van der Waals surface area contributed by atoms with Crippen LogP contribution in [0, 0.1) is 0 Å². The number of hydrogen-bond donors (Lipinski definition) is 1. The van der Waals surface area contributed by atoms with E-state index in [-0.39, 0.29) is 11.8 Å². The van der Waals surface area contributed by atoms with Crippen molar-refractivity contribution in [1.82, 2.24) is 0 Å². The summed E-state index contributed by atoms with van der Waals surface area (Å²) >= 11 is 0. The maximum Gasteiger partial charge on any atom is 0.259 e. The molecule has 2 aromatic rings. The fraction of sp³-hybridized carbons (Fsp3) is 0.364. The molecule has 0 atom stereocenters. The van der Waals surface area contributed by atoms with Gasteiger partial charge in [0.2, 0.25) is 11.7 Å². The minimum absolute atomic E-state index is 0.185. The van der Waals surface area contributed by atoms with Crippen LogP contribution in [0.2, 0.25) is 0 Å². The SMILES string of the molecule is COc1ccc(C(=O)Nc2cc3c4c(c2)CCC(=O)N4CCC3)c(OC)c1OC. The largest absolute Gasteiger partial charge is 0.493 e. The Morgan fingerprint density at radius 1 is 0.966 bits per heavy atom. The molecule has 1 N–H and O–H groups in total. The van der Waals surface area contributed by atoms with Crippen LogP contribution in [0.25, 0.3) is 0 Å². The molecular weight excluding hydrogens is 372 g/mol. The minimum Gasteiger partial charge on any atom is -0.493 e. The van der Waals surface area contributed by atoms with E-state index in [2.05, 4.69) is 5.32 Å². The molecule has 152 valence electrons. The second kappa shape index (κ2) is 7.66. The third-order valence-electron chi connectivity index (χ3n) is 5.48. The van der Waals surface area contributed by atoms with E-state index in [9.17, 15) is 9.59 Å². The summed E-state index contributed by atoms with van der Waals surface area (Å²) in [5.41, 5.74) is 4.33. The summed E-state index contributed by atoms with van der Waals surface area (Å²) in [5, 5.41) is 2.98. The van der Waals surface area contributed by atoms with E-state index in [0.717, 1.165) is 41.9 Å². The van der Waals surface area contributed by atoms with Crippen LogP contribution < -0.4 is 24.4 Å². The highest BCUT2D eigenvalue weighted by atomic mass is 16.5. The third-order valence-corrected chi connectivity index (χ3v) is 5.48. The monoisotopic (exact) mass is 396 g/mol. The van der Waals surface area contributed by atoms with Gasteiger partial charge in [-0.1, -0.05) is 0 Å². The number of carbonyl (C=O) groups excluding carboxylic acids is 2. The number of aryl methyl sites for hydroxylation is 2. The predicted octanol–water partition coefficient (Wildman–Crippen LogP) is 3.19. The number of ether oxygens (including phenoxy) is 3. The third kappa shape index (κ3) is 3.26. The number of nitrogens with one attached hydrogen (secondary N) is 1. The Balaban J connectivity index is 1.67. The van der Waals surface area contributed by atoms with E-state index in [0.29, 0.717) is 35.7 Å². The lowest BCUT2D eigenvalue weighted by atomic mass is 9.91. The Hall–Kier alpha value is -3.22. The van der Waals surface area contributed by atoms with Crippen molar-refractivity contribution in [3.63, 3.8) is 0 Å². The van der Waals surface area contributed by atoms with Crippen LogP contribution in [0.3, 0.4) is 0 Å². The zero-order chi connectivity index (χ0) is 20.5. The molecule has 0 bridgehead atoms. The van der Waals surface area contributed by atoms with Crippen molar-refractivity contribution in [1.29, 1.82) is 0 Å². The molecule has 0 spiro atoms. The number of carbonyl (C=O) groups is 2. The number of nitrogens with zero attached hydrogens (tertiary/aromatic N) is 1. The second-order valence-electron chi connectivity index (χ2n) is 7.13. The normalized spacial score (nSPS) is 14.9. The molecule has 2 amide bonds. The van der Waals surface area contributed by atoms with Crippen LogP contribution in [0.1, 0.15) is 34.3 Å². The summed E-state index contributed by atoms with van der Waals surface area (Å²) in [7, 11) is 4.52. The summed E-state index contributed by atoms with van der Waals surface area (Å²) in [6.45, 7) is 0.771. The summed E-state index contributed by atoms with van der Waals surface area (Å²) in [4.78, 5) is 27.1. The molecule has 0 unspecified atom stereocenters. The molecule has 0 radical (unpaired) electrons. The second-order valence-corrected chi connectivity index (χ2v) is 7.13. The average Bonchev–Trinajstić information content (AvgIpc) is 2.74. The van der Waals surface area contributed by atoms with Crippen LogP contribution >= 0.6 is 0 Å². The van der Waals surface area contributed by atoms with Crippen molar-refractivity contribution >= 4 is 23.2 Å². The number of hydrogen-bond acceptors (Lipinski definition) is 5. The summed E-state index contributed by atoms with van der Waals surface area (Å²) in [5.74, 6) is 1.07. The van der Waals surface area contributed by atoms with Gasteiger partial charge in [-0.25, -0.2) is 0 Å². The van der Waals surface area contributed by atoms with Gasteiger partial charge in [0.25, 0.3) is 5.91 Å². The summed E-state index contributed by atoms with van der Waals surface area (Å²) < 4.78 is 16.1. The zero-order valence-electron chi connectivity index (χ0n) is 16.8. The van der Waals surface area contributed by atoms with Gasteiger partial charge in [0.1, 0.15) is 0 Å². The maximum atomic E-state index is 13.0. The van der Waals surface area contributed by atoms with E-state index < -0.39 is 0 Å². The van der Waals surface area contributed by atoms with Crippen molar-refractivity contribution in [3.8, 4) is 17.2 Å². The average molecular weight is 396 g/mol. The van der Waals surface area contributed by atoms with Crippen LogP contribution in [0.4, 0.5) is 11.4 Å². The Bertz CT molecular complexity index is 968. The van der Waals surface area contributed by atoms with Crippen molar-refractivity contribution in [2.75, 3.05) is 38.1 Å². The Kier molecular flexibility index (Phi) is 5.05. The molecule has 2 heterocycles. The van der Waals surface area contributed by atoms with Gasteiger partial charge in [-0.2, -0.15) is 0 Å². The van der Waals surface area contributed by atoms with Crippen molar-refractivity contribution in [2.45, 2.75) is 25.7 Å². The first-order valence-corrected chi connectivity index (χ1v) is 9.63. The smallest absolute Gasteiger partial charge is 0.259 e. The molecule has 0 fully saturated rings. The first-order valence-electron chi connectivity index (χ1n) is 9.63. The van der Waals surface area contributed by atoms with Gasteiger partial charge in [-0.05, 0) is 54.7 Å². The minimum atomic E-state index is -0.297. The Labute approximate surface area is 169 Å². The summed E-state index contributed by atoms with van der Waals surface area (Å²) in [6.07, 6.45) is 3.03. The van der Waals surface area contributed by atoms with E-state index >= 15 is 0 Å². The fourth-order valence-electron chi connectivity index (χ4n) is 4.20. The Morgan fingerprint density at radius 2 is 1.69 bits per heavy atom. The van der Waals surface area contributed by atoms with Gasteiger partial charge in [-0.15, -0.1) is 0 Å². The fourth-order valence-corrected chi connectivity index (χ4v) is 4.20. The molecule has 0 aromatic heterocycles. The van der Waals surface area contributed by atoms with Crippen molar-refractivity contribution in [3.05, 3.63) is 41.0 Å². The number of rotatable bonds is 5. The Morgan fingerprint density at radius 3 is 2.38 bits per heavy atom. The van der Waals surface area contributed by atoms with Gasteiger partial charge in [0.05, 0.1) is 32.6 Å². The van der Waals surface area contributed by atoms with Gasteiger partial charge in [0.15, 0.2) is 11.5 Å². The highest BCUT2D eigenvalue weighted by Gasteiger charge is 2.30.